The van der Waals surface area contributed by atoms with E-state index in [0.717, 1.165) is 16.7 Å². The molecule has 6 nitrogen and oxygen atoms in total. The first-order valence-electron chi connectivity index (χ1n) is 5.76. The number of carboxylic acids is 1. The van der Waals surface area contributed by atoms with Crippen LogP contribution in [0.25, 0.3) is 11.1 Å². The highest BCUT2D eigenvalue weighted by Crippen LogP contribution is 2.26. The van der Waals surface area contributed by atoms with Crippen LogP contribution in [0.4, 0.5) is 0 Å². The van der Waals surface area contributed by atoms with Crippen LogP contribution in [-0.4, -0.2) is 33.0 Å². The predicted molar refractivity (Wildman–Crippen MR) is 69.1 cm³/mol. The van der Waals surface area contributed by atoms with Gasteiger partial charge in [-0.05, 0) is 13.0 Å². The monoisotopic (exact) mass is 261 g/mol. The quantitative estimate of drug-likeness (QED) is 0.900. The number of aliphatic carboxylic acids is 1. The van der Waals surface area contributed by atoms with Crippen molar-refractivity contribution in [3.63, 3.8) is 0 Å². The summed E-state index contributed by atoms with van der Waals surface area (Å²) in [7, 11) is 3.33. The van der Waals surface area contributed by atoms with E-state index in [-0.39, 0.29) is 6.42 Å². The number of aromatic nitrogens is 3. The van der Waals surface area contributed by atoms with Crippen LogP contribution >= 0.6 is 0 Å². The standard InChI is InChI=1S/C13H15N3O3/c1-8-4-9(6-14-13(8)19-3)10-7-16(2)15-11(10)5-12(17)18/h4,6-7H,5H2,1-3H3,(H,17,18). The van der Waals surface area contributed by atoms with Gasteiger partial charge in [0.25, 0.3) is 0 Å². The number of carbonyl (C=O) groups is 1. The Kier molecular flexibility index (Phi) is 3.50. The third kappa shape index (κ3) is 2.73. The summed E-state index contributed by atoms with van der Waals surface area (Å²) in [5.74, 6) is -0.342. The summed E-state index contributed by atoms with van der Waals surface area (Å²) in [6.07, 6.45) is 3.34. The molecule has 0 saturated heterocycles. The lowest BCUT2D eigenvalue weighted by Gasteiger charge is -2.06. The smallest absolute Gasteiger partial charge is 0.309 e. The molecular formula is C13H15N3O3. The van der Waals surface area contributed by atoms with Crippen LogP contribution < -0.4 is 4.74 Å². The van der Waals surface area contributed by atoms with Crippen LogP contribution in [0.1, 0.15) is 11.3 Å². The first kappa shape index (κ1) is 13.1. The highest BCUT2D eigenvalue weighted by atomic mass is 16.5. The van der Waals surface area contributed by atoms with Crippen molar-refractivity contribution in [2.24, 2.45) is 7.05 Å². The van der Waals surface area contributed by atoms with Gasteiger partial charge in [-0.15, -0.1) is 0 Å². The minimum absolute atomic E-state index is 0.110. The van der Waals surface area contributed by atoms with Crippen molar-refractivity contribution in [1.82, 2.24) is 14.8 Å². The average molecular weight is 261 g/mol. The number of methoxy groups -OCH3 is 1. The Morgan fingerprint density at radius 2 is 2.26 bits per heavy atom. The van der Waals surface area contributed by atoms with Gasteiger partial charge in [0.1, 0.15) is 0 Å². The van der Waals surface area contributed by atoms with Crippen LogP contribution in [0.5, 0.6) is 5.88 Å². The maximum atomic E-state index is 10.8. The largest absolute Gasteiger partial charge is 0.481 e. The number of rotatable bonds is 4. The Bertz CT molecular complexity index is 620. The highest BCUT2D eigenvalue weighted by Gasteiger charge is 2.14. The summed E-state index contributed by atoms with van der Waals surface area (Å²) in [6.45, 7) is 1.89. The molecule has 0 amide bonds. The number of aryl methyl sites for hydroxylation is 2. The first-order chi connectivity index (χ1) is 9.01. The molecule has 2 aromatic rings. The molecule has 1 N–H and O–H groups in total. The molecule has 0 unspecified atom stereocenters. The summed E-state index contributed by atoms with van der Waals surface area (Å²) in [5.41, 5.74) is 3.04. The Morgan fingerprint density at radius 3 is 2.84 bits per heavy atom. The lowest BCUT2D eigenvalue weighted by Crippen LogP contribution is -2.03. The number of ether oxygens (including phenoxy) is 1. The molecule has 0 aliphatic carbocycles. The SMILES string of the molecule is COc1ncc(-c2cn(C)nc2CC(=O)O)cc1C. The molecule has 0 aliphatic heterocycles. The Balaban J connectivity index is 2.46. The molecule has 0 atom stereocenters. The van der Waals surface area contributed by atoms with E-state index in [2.05, 4.69) is 10.1 Å². The average Bonchev–Trinajstić information content (AvgIpc) is 2.69. The molecule has 0 bridgehead atoms. The van der Waals surface area contributed by atoms with Crippen molar-refractivity contribution < 1.29 is 14.6 Å². The topological polar surface area (TPSA) is 77.2 Å². The van der Waals surface area contributed by atoms with Gasteiger partial charge in [-0.2, -0.15) is 5.10 Å². The molecule has 0 spiro atoms. The Hall–Kier alpha value is -2.37. The minimum atomic E-state index is -0.904. The maximum absolute atomic E-state index is 10.8. The fraction of sp³-hybridized carbons (Fsp3) is 0.308. The summed E-state index contributed by atoms with van der Waals surface area (Å²) in [4.78, 5) is 15.0. The summed E-state index contributed by atoms with van der Waals surface area (Å²) in [6, 6.07) is 1.91. The van der Waals surface area contributed by atoms with Gasteiger partial charge in [-0.3, -0.25) is 9.48 Å². The Morgan fingerprint density at radius 1 is 1.53 bits per heavy atom. The van der Waals surface area contributed by atoms with Gasteiger partial charge in [0.15, 0.2) is 0 Å². The highest BCUT2D eigenvalue weighted by molar-refractivity contribution is 5.75. The van der Waals surface area contributed by atoms with E-state index < -0.39 is 5.97 Å². The normalized spacial score (nSPS) is 10.5. The van der Waals surface area contributed by atoms with Crippen LogP contribution in [0.15, 0.2) is 18.5 Å². The number of carboxylic acid groups (broad SMARTS) is 1. The van der Waals surface area contributed by atoms with Crippen LogP contribution in [0.2, 0.25) is 0 Å². The van der Waals surface area contributed by atoms with E-state index >= 15 is 0 Å². The van der Waals surface area contributed by atoms with Gasteiger partial charge in [-0.25, -0.2) is 4.98 Å². The van der Waals surface area contributed by atoms with Crippen molar-refractivity contribution >= 4 is 5.97 Å². The molecule has 6 heteroatoms. The molecule has 0 radical (unpaired) electrons. The van der Waals surface area contributed by atoms with Crippen molar-refractivity contribution in [1.29, 1.82) is 0 Å². The third-order valence-electron chi connectivity index (χ3n) is 2.76. The second-order valence-electron chi connectivity index (χ2n) is 4.28. The van der Waals surface area contributed by atoms with Crippen LogP contribution in [0, 0.1) is 6.92 Å². The van der Waals surface area contributed by atoms with Crippen molar-refractivity contribution in [2.45, 2.75) is 13.3 Å². The number of hydrogen-bond donors (Lipinski definition) is 1. The fourth-order valence-corrected chi connectivity index (χ4v) is 1.97. The fourth-order valence-electron chi connectivity index (χ4n) is 1.97. The van der Waals surface area contributed by atoms with Crippen molar-refractivity contribution in [3.05, 3.63) is 29.7 Å². The van der Waals surface area contributed by atoms with E-state index in [1.54, 1.807) is 31.2 Å². The lowest BCUT2D eigenvalue weighted by atomic mass is 10.1. The molecule has 0 aliphatic rings. The zero-order valence-electron chi connectivity index (χ0n) is 11.0. The zero-order valence-corrected chi connectivity index (χ0v) is 11.0. The summed E-state index contributed by atoms with van der Waals surface area (Å²) in [5, 5.41) is 13.1. The zero-order chi connectivity index (χ0) is 14.0. The van der Waals surface area contributed by atoms with Crippen molar-refractivity contribution in [3.8, 4) is 17.0 Å². The summed E-state index contributed by atoms with van der Waals surface area (Å²) >= 11 is 0. The van der Waals surface area contributed by atoms with E-state index in [4.69, 9.17) is 9.84 Å². The van der Waals surface area contributed by atoms with Gasteiger partial charge in [-0.1, -0.05) is 0 Å². The van der Waals surface area contributed by atoms with E-state index in [0.29, 0.717) is 11.6 Å². The molecule has 2 aromatic heterocycles. The van der Waals surface area contributed by atoms with Gasteiger partial charge in [0.05, 0.1) is 19.2 Å². The molecule has 0 aromatic carbocycles. The predicted octanol–water partition coefficient (Wildman–Crippen LogP) is 1.43. The number of pyridine rings is 1. The van der Waals surface area contributed by atoms with Crippen LogP contribution in [0.3, 0.4) is 0 Å². The van der Waals surface area contributed by atoms with Crippen molar-refractivity contribution in [2.75, 3.05) is 7.11 Å². The molecule has 100 valence electrons. The second-order valence-corrected chi connectivity index (χ2v) is 4.28. The molecule has 0 saturated carbocycles. The first-order valence-corrected chi connectivity index (χ1v) is 5.76. The van der Waals surface area contributed by atoms with E-state index in [1.807, 2.05) is 13.0 Å². The number of nitrogens with zero attached hydrogens (tertiary/aromatic N) is 3. The molecule has 2 rings (SSSR count). The maximum Gasteiger partial charge on any atom is 0.309 e. The summed E-state index contributed by atoms with van der Waals surface area (Å²) < 4.78 is 6.71. The lowest BCUT2D eigenvalue weighted by molar-refractivity contribution is -0.136. The molecule has 2 heterocycles. The number of hydrogen-bond acceptors (Lipinski definition) is 4. The Labute approximate surface area is 110 Å². The van der Waals surface area contributed by atoms with Gasteiger partial charge >= 0.3 is 5.97 Å². The van der Waals surface area contributed by atoms with E-state index in [1.165, 1.54) is 0 Å². The van der Waals surface area contributed by atoms with Crippen LogP contribution in [-0.2, 0) is 18.3 Å². The van der Waals surface area contributed by atoms with E-state index in [9.17, 15) is 4.79 Å². The van der Waals surface area contributed by atoms with Gasteiger partial charge in [0.2, 0.25) is 5.88 Å². The molecule has 19 heavy (non-hydrogen) atoms. The molecular weight excluding hydrogens is 246 g/mol. The molecule has 0 fully saturated rings. The third-order valence-corrected chi connectivity index (χ3v) is 2.76. The van der Waals surface area contributed by atoms with Gasteiger partial charge < -0.3 is 9.84 Å². The minimum Gasteiger partial charge on any atom is -0.481 e. The van der Waals surface area contributed by atoms with Gasteiger partial charge in [0, 0.05) is 36.1 Å². The second kappa shape index (κ2) is 5.09.